The number of hydrogen-bond donors (Lipinski definition) is 2. The molecule has 124 valence electrons. The molecule has 0 amide bonds. The highest BCUT2D eigenvalue weighted by molar-refractivity contribution is 7.94. The second-order valence-electron chi connectivity index (χ2n) is 4.41. The zero-order valence-corrected chi connectivity index (χ0v) is 13.1. The van der Waals surface area contributed by atoms with Crippen LogP contribution < -0.4 is 11.0 Å². The lowest BCUT2D eigenvalue weighted by Gasteiger charge is -2.04. The highest BCUT2D eigenvalue weighted by Crippen LogP contribution is 2.23. The maximum Gasteiger partial charge on any atom is 0.303 e. The Labute approximate surface area is 137 Å². The summed E-state index contributed by atoms with van der Waals surface area (Å²) < 4.78 is 4.23. The van der Waals surface area contributed by atoms with Crippen LogP contribution in [-0.4, -0.2) is 23.4 Å². The molecule has 0 spiro atoms. The van der Waals surface area contributed by atoms with Crippen LogP contribution >= 0.6 is 12.0 Å². The van der Waals surface area contributed by atoms with Crippen molar-refractivity contribution in [3.05, 3.63) is 42.5 Å². The molecule has 0 fully saturated rings. The second kappa shape index (κ2) is 10.7. The zero-order valence-electron chi connectivity index (χ0n) is 12.3. The maximum absolute atomic E-state index is 10.4. The van der Waals surface area contributed by atoms with Gasteiger partial charge in [0.15, 0.2) is 5.78 Å². The molecule has 0 aromatic heterocycles. The maximum atomic E-state index is 10.4. The molecule has 0 saturated heterocycles. The first kappa shape index (κ1) is 19.1. The normalized spacial score (nSPS) is 10.0. The first-order valence-electron chi connectivity index (χ1n) is 6.71. The molecule has 0 aliphatic heterocycles. The number of carbonyl (C=O) groups excluding carboxylic acids is 1. The Morgan fingerprint density at radius 3 is 2.43 bits per heavy atom. The van der Waals surface area contributed by atoms with Crippen LogP contribution in [0.5, 0.6) is 0 Å². The van der Waals surface area contributed by atoms with Crippen molar-refractivity contribution >= 4 is 34.6 Å². The van der Waals surface area contributed by atoms with E-state index in [4.69, 9.17) is 5.11 Å². The molecule has 0 radical (unpaired) electrons. The standard InChI is InChI=1S/C10H8O3S.C5H9NO3/c11-12-13-14-10-6-5-8-3-1-2-4-9(8)7-10;6-3-4(7)1-2-5(8)9/h1-7,11H;1-3,6H2,(H,8,9). The Morgan fingerprint density at radius 1 is 1.13 bits per heavy atom. The Balaban J connectivity index is 0.000000257. The summed E-state index contributed by atoms with van der Waals surface area (Å²) in [6.45, 7) is 0.188. The van der Waals surface area contributed by atoms with Gasteiger partial charge in [-0.15, -0.1) is 0 Å². The van der Waals surface area contributed by atoms with Gasteiger partial charge in [0.1, 0.15) is 6.54 Å². The molecule has 0 bridgehead atoms. The summed E-state index contributed by atoms with van der Waals surface area (Å²) in [6, 6.07) is 13.7. The van der Waals surface area contributed by atoms with Gasteiger partial charge in [-0.3, -0.25) is 14.6 Å². The second-order valence-corrected chi connectivity index (χ2v) is 5.18. The van der Waals surface area contributed by atoms with Crippen LogP contribution in [0.3, 0.4) is 0 Å². The molecule has 2 rings (SSSR count). The van der Waals surface area contributed by atoms with Gasteiger partial charge in [0.05, 0.1) is 18.5 Å². The van der Waals surface area contributed by atoms with Crippen molar-refractivity contribution in [3.63, 3.8) is 0 Å². The van der Waals surface area contributed by atoms with Crippen molar-refractivity contribution in [1.82, 2.24) is 0 Å². The molecule has 8 heteroatoms. The van der Waals surface area contributed by atoms with Crippen molar-refractivity contribution < 1.29 is 35.1 Å². The predicted molar refractivity (Wildman–Crippen MR) is 81.6 cm³/mol. The van der Waals surface area contributed by atoms with Gasteiger partial charge >= 0.3 is 5.97 Å². The minimum Gasteiger partial charge on any atom is -0.691 e. The lowest BCUT2D eigenvalue weighted by molar-refractivity contribution is -0.777. The molecule has 0 heterocycles. The summed E-state index contributed by atoms with van der Waals surface area (Å²) in [4.78, 5) is 21.1. The first-order chi connectivity index (χ1) is 11.1. The van der Waals surface area contributed by atoms with E-state index < -0.39 is 5.97 Å². The molecule has 4 N–H and O–H groups in total. The smallest absolute Gasteiger partial charge is 0.303 e. The minimum atomic E-state index is -0.934. The van der Waals surface area contributed by atoms with Crippen molar-refractivity contribution in [3.8, 4) is 0 Å². The van der Waals surface area contributed by atoms with E-state index in [2.05, 4.69) is 15.1 Å². The van der Waals surface area contributed by atoms with E-state index in [1.165, 1.54) is 0 Å². The third-order valence-electron chi connectivity index (χ3n) is 2.78. The topological polar surface area (TPSA) is 124 Å². The molecule has 2 aromatic carbocycles. The van der Waals surface area contributed by atoms with Crippen LogP contribution in [0.2, 0.25) is 0 Å². The molecule has 7 nitrogen and oxygen atoms in total. The van der Waals surface area contributed by atoms with Crippen molar-refractivity contribution in [2.24, 2.45) is 0 Å². The average molecular weight is 339 g/mol. The van der Waals surface area contributed by atoms with Gasteiger partial charge in [0, 0.05) is 11.3 Å². The largest absolute Gasteiger partial charge is 0.691 e. The van der Waals surface area contributed by atoms with Crippen LogP contribution in [-0.2, 0) is 19.0 Å². The zero-order chi connectivity index (χ0) is 17.1. The van der Waals surface area contributed by atoms with Crippen LogP contribution in [0, 0.1) is 0 Å². The van der Waals surface area contributed by atoms with Crippen molar-refractivity contribution in [1.29, 1.82) is 0 Å². The molecular weight excluding hydrogens is 322 g/mol. The summed E-state index contributed by atoms with van der Waals surface area (Å²) in [5.74, 6) is -1.03. The lowest BCUT2D eigenvalue weighted by Crippen LogP contribution is -2.54. The summed E-state index contributed by atoms with van der Waals surface area (Å²) in [5.41, 5.74) is 3.32. The number of aliphatic carboxylic acids is 1. The molecular formula is C15H17NO6S. The Bertz CT molecular complexity index is 649. The highest BCUT2D eigenvalue weighted by atomic mass is 32.2. The number of hydrogen-bond acceptors (Lipinski definition) is 6. The number of quaternary nitrogens is 1. The van der Waals surface area contributed by atoms with E-state index in [-0.39, 0.29) is 25.2 Å². The number of ketones is 1. The van der Waals surface area contributed by atoms with Crippen LogP contribution in [0.25, 0.3) is 10.8 Å². The monoisotopic (exact) mass is 339 g/mol. The first-order valence-corrected chi connectivity index (χ1v) is 7.45. The summed E-state index contributed by atoms with van der Waals surface area (Å²) in [6.07, 6.45) is 0.0349. The number of fused-ring (bicyclic) bond motifs is 1. The summed E-state index contributed by atoms with van der Waals surface area (Å²) in [5, 5.41) is 23.2. The fourth-order valence-corrected chi connectivity index (χ4v) is 2.05. The number of Topliss-reactive ketones (excluding diaryl/α,β-unsaturated/α-hetero) is 1. The lowest BCUT2D eigenvalue weighted by atomic mass is 10.1. The van der Waals surface area contributed by atoms with Crippen molar-refractivity contribution in [2.75, 3.05) is 6.54 Å². The molecule has 0 atom stereocenters. The van der Waals surface area contributed by atoms with E-state index in [0.717, 1.165) is 27.7 Å². The van der Waals surface area contributed by atoms with E-state index in [9.17, 15) is 14.8 Å². The number of carboxylic acids is 1. The molecule has 23 heavy (non-hydrogen) atoms. The van der Waals surface area contributed by atoms with Gasteiger partial charge in [-0.25, -0.2) is 0 Å². The van der Waals surface area contributed by atoms with Crippen LogP contribution in [0.4, 0.5) is 0 Å². The predicted octanol–water partition coefficient (Wildman–Crippen LogP) is 0.733. The van der Waals surface area contributed by atoms with Gasteiger partial charge in [0.25, 0.3) is 0 Å². The van der Waals surface area contributed by atoms with Crippen LogP contribution in [0.1, 0.15) is 12.8 Å². The molecule has 2 aromatic rings. The fourth-order valence-electron chi connectivity index (χ4n) is 1.64. The SMILES string of the molecule is [NH3+]CC(=O)CCC(=O)O.[O-]OOSc1ccc2ccccc2c1. The quantitative estimate of drug-likeness (QED) is 0.433. The number of benzene rings is 2. The van der Waals surface area contributed by atoms with Gasteiger partial charge in [-0.1, -0.05) is 30.3 Å². The van der Waals surface area contributed by atoms with E-state index in [0.29, 0.717) is 0 Å². The summed E-state index contributed by atoms with van der Waals surface area (Å²) >= 11 is 0.901. The Hall–Kier alpha value is -1.97. The molecule has 0 aliphatic carbocycles. The van der Waals surface area contributed by atoms with Gasteiger partial charge in [0.2, 0.25) is 0 Å². The summed E-state index contributed by atoms with van der Waals surface area (Å²) in [7, 11) is 0. The highest BCUT2D eigenvalue weighted by Gasteiger charge is 2.03. The van der Waals surface area contributed by atoms with Gasteiger partial charge < -0.3 is 16.1 Å². The number of carbonyl (C=O) groups is 2. The van der Waals surface area contributed by atoms with Gasteiger partial charge in [-0.2, -0.15) is 4.33 Å². The van der Waals surface area contributed by atoms with E-state index >= 15 is 0 Å². The van der Waals surface area contributed by atoms with E-state index in [1.807, 2.05) is 42.5 Å². The number of rotatable bonds is 7. The third-order valence-corrected chi connectivity index (χ3v) is 3.35. The van der Waals surface area contributed by atoms with Gasteiger partial charge in [-0.05, 0) is 22.9 Å². The molecule has 0 unspecified atom stereocenters. The van der Waals surface area contributed by atoms with Crippen LogP contribution in [0.15, 0.2) is 47.4 Å². The Kier molecular flexibility index (Phi) is 8.88. The minimum absolute atomic E-state index is 0.0750. The Morgan fingerprint density at radius 2 is 1.83 bits per heavy atom. The van der Waals surface area contributed by atoms with Crippen molar-refractivity contribution in [2.45, 2.75) is 17.7 Å². The third kappa shape index (κ3) is 7.73. The van der Waals surface area contributed by atoms with E-state index in [1.54, 1.807) is 0 Å². The molecule has 0 saturated carbocycles. The average Bonchev–Trinajstić information content (AvgIpc) is 2.58. The fraction of sp³-hybridized carbons (Fsp3) is 0.200. The molecule has 0 aliphatic rings. The number of carboxylic acid groups (broad SMARTS) is 1.